The van der Waals surface area contributed by atoms with Crippen molar-refractivity contribution in [1.29, 1.82) is 0 Å². The molecule has 0 fully saturated rings. The van der Waals surface area contributed by atoms with E-state index in [1.165, 1.54) is 5.56 Å². The first-order valence-corrected chi connectivity index (χ1v) is 7.59. The molecule has 0 saturated carbocycles. The van der Waals surface area contributed by atoms with Crippen molar-refractivity contribution in [2.75, 3.05) is 5.32 Å². The number of hydrogen-bond donors (Lipinski definition) is 1. The second kappa shape index (κ2) is 5.63. The third kappa shape index (κ3) is 2.67. The molecule has 0 aliphatic rings. The van der Waals surface area contributed by atoms with Crippen LogP contribution in [0.15, 0.2) is 34.5 Å². The minimum absolute atomic E-state index is 0.334. The second-order valence-electron chi connectivity index (χ2n) is 4.98. The van der Waals surface area contributed by atoms with Crippen LogP contribution >= 0.6 is 11.3 Å². The van der Waals surface area contributed by atoms with Crippen LogP contribution in [0, 0.1) is 6.92 Å². The molecular weight excluding hydrogens is 270 g/mol. The van der Waals surface area contributed by atoms with Crippen molar-refractivity contribution in [1.82, 2.24) is 9.97 Å². The average Bonchev–Trinajstić information content (AvgIpc) is 3.08. The third-order valence-corrected chi connectivity index (χ3v) is 4.41. The largest absolute Gasteiger partial charge is 0.469 e. The minimum Gasteiger partial charge on any atom is -0.469 e. The molecule has 3 aromatic heterocycles. The zero-order valence-electron chi connectivity index (χ0n) is 11.6. The van der Waals surface area contributed by atoms with Crippen LogP contribution in [0.1, 0.15) is 24.7 Å². The lowest BCUT2D eigenvalue weighted by atomic mass is 10.1. The smallest absolute Gasteiger partial charge is 0.147 e. The zero-order valence-corrected chi connectivity index (χ0v) is 12.4. The molecule has 0 saturated heterocycles. The van der Waals surface area contributed by atoms with Crippen LogP contribution in [0.5, 0.6) is 0 Å². The molecule has 0 aromatic carbocycles. The molecule has 5 heteroatoms. The molecule has 0 aliphatic carbocycles. The summed E-state index contributed by atoms with van der Waals surface area (Å²) in [5.41, 5.74) is 2.25. The Labute approximate surface area is 121 Å². The Hall–Kier alpha value is -1.88. The molecule has 4 nitrogen and oxygen atoms in total. The molecule has 3 aromatic rings. The topological polar surface area (TPSA) is 51.0 Å². The Morgan fingerprint density at radius 3 is 3.10 bits per heavy atom. The van der Waals surface area contributed by atoms with Crippen molar-refractivity contribution in [3.63, 3.8) is 0 Å². The van der Waals surface area contributed by atoms with Gasteiger partial charge in [-0.25, -0.2) is 9.97 Å². The first-order chi connectivity index (χ1) is 9.74. The van der Waals surface area contributed by atoms with Crippen molar-refractivity contribution in [3.8, 4) is 0 Å². The fraction of sp³-hybridized carbons (Fsp3) is 0.333. The lowest BCUT2D eigenvalue weighted by Gasteiger charge is -2.14. The number of hydrogen-bond acceptors (Lipinski definition) is 5. The number of aryl methyl sites for hydroxylation is 2. The fourth-order valence-electron chi connectivity index (χ4n) is 2.19. The summed E-state index contributed by atoms with van der Waals surface area (Å²) >= 11 is 1.69. The third-order valence-electron chi connectivity index (χ3n) is 3.32. The summed E-state index contributed by atoms with van der Waals surface area (Å²) in [5.74, 6) is 1.96. The van der Waals surface area contributed by atoms with Gasteiger partial charge in [0.2, 0.25) is 0 Å². The van der Waals surface area contributed by atoms with E-state index in [4.69, 9.17) is 4.42 Å². The predicted octanol–water partition coefficient (Wildman–Crippen LogP) is 4.03. The second-order valence-corrected chi connectivity index (χ2v) is 5.86. The highest BCUT2D eigenvalue weighted by Gasteiger charge is 2.11. The predicted molar refractivity (Wildman–Crippen MR) is 82.3 cm³/mol. The van der Waals surface area contributed by atoms with Gasteiger partial charge in [0.1, 0.15) is 17.9 Å². The van der Waals surface area contributed by atoms with E-state index in [-0.39, 0.29) is 0 Å². The lowest BCUT2D eigenvalue weighted by Crippen LogP contribution is -2.16. The molecule has 0 bridgehead atoms. The maximum atomic E-state index is 5.36. The van der Waals surface area contributed by atoms with E-state index in [0.717, 1.165) is 34.6 Å². The van der Waals surface area contributed by atoms with Gasteiger partial charge in [-0.3, -0.25) is 0 Å². The molecule has 3 rings (SSSR count). The van der Waals surface area contributed by atoms with E-state index in [2.05, 4.69) is 34.5 Å². The van der Waals surface area contributed by atoms with Crippen LogP contribution in [-0.4, -0.2) is 16.0 Å². The summed E-state index contributed by atoms with van der Waals surface area (Å²) in [5, 5.41) is 5.60. The maximum Gasteiger partial charge on any atom is 0.147 e. The van der Waals surface area contributed by atoms with Crippen LogP contribution in [-0.2, 0) is 6.42 Å². The number of anilines is 1. The van der Waals surface area contributed by atoms with Gasteiger partial charge in [0.05, 0.1) is 16.5 Å². The zero-order chi connectivity index (χ0) is 13.9. The Morgan fingerprint density at radius 1 is 1.40 bits per heavy atom. The van der Waals surface area contributed by atoms with Gasteiger partial charge in [-0.1, -0.05) is 0 Å². The van der Waals surface area contributed by atoms with Crippen molar-refractivity contribution < 1.29 is 4.42 Å². The van der Waals surface area contributed by atoms with Gasteiger partial charge in [-0.05, 0) is 43.3 Å². The van der Waals surface area contributed by atoms with Crippen LogP contribution in [0.4, 0.5) is 5.82 Å². The normalized spacial score (nSPS) is 12.7. The first kappa shape index (κ1) is 13.1. The standard InChI is InChI=1S/C15H17N3OS/c1-10-8-20-14-13(10)16-9-17-15(14)18-11(2)5-6-12-4-3-7-19-12/h3-4,7-9,11H,5-6H2,1-2H3,(H,16,17,18). The maximum absolute atomic E-state index is 5.36. The van der Waals surface area contributed by atoms with E-state index in [0.29, 0.717) is 6.04 Å². The number of thiophene rings is 1. The van der Waals surface area contributed by atoms with Crippen LogP contribution in [0.25, 0.3) is 10.2 Å². The highest BCUT2D eigenvalue weighted by Crippen LogP contribution is 2.29. The Morgan fingerprint density at radius 2 is 2.30 bits per heavy atom. The molecule has 0 radical (unpaired) electrons. The van der Waals surface area contributed by atoms with Crippen molar-refractivity contribution >= 4 is 27.4 Å². The molecular formula is C15H17N3OS. The van der Waals surface area contributed by atoms with Gasteiger partial charge >= 0.3 is 0 Å². The average molecular weight is 287 g/mol. The first-order valence-electron chi connectivity index (χ1n) is 6.72. The lowest BCUT2D eigenvalue weighted by molar-refractivity contribution is 0.495. The Bertz CT molecular complexity index is 690. The van der Waals surface area contributed by atoms with Crippen LogP contribution < -0.4 is 5.32 Å². The monoisotopic (exact) mass is 287 g/mol. The number of fused-ring (bicyclic) bond motifs is 1. The highest BCUT2D eigenvalue weighted by atomic mass is 32.1. The molecule has 0 amide bonds. The molecule has 3 heterocycles. The summed E-state index contributed by atoms with van der Waals surface area (Å²) in [7, 11) is 0. The minimum atomic E-state index is 0.334. The van der Waals surface area contributed by atoms with E-state index >= 15 is 0 Å². The van der Waals surface area contributed by atoms with Crippen molar-refractivity contribution in [2.45, 2.75) is 32.7 Å². The Kier molecular flexibility index (Phi) is 3.69. The number of rotatable bonds is 5. The summed E-state index contributed by atoms with van der Waals surface area (Å²) < 4.78 is 6.49. The van der Waals surface area contributed by atoms with Gasteiger partial charge < -0.3 is 9.73 Å². The van der Waals surface area contributed by atoms with Gasteiger partial charge in [0, 0.05) is 12.5 Å². The van der Waals surface area contributed by atoms with Crippen molar-refractivity contribution in [2.24, 2.45) is 0 Å². The SMILES string of the molecule is Cc1csc2c(NC(C)CCc3ccco3)ncnc12. The van der Waals surface area contributed by atoms with Crippen LogP contribution in [0.3, 0.4) is 0 Å². The summed E-state index contributed by atoms with van der Waals surface area (Å²) in [6.45, 7) is 4.24. The molecule has 20 heavy (non-hydrogen) atoms. The van der Waals surface area contributed by atoms with Gasteiger partial charge in [0.25, 0.3) is 0 Å². The number of furan rings is 1. The number of nitrogens with one attached hydrogen (secondary N) is 1. The molecule has 104 valence electrons. The highest BCUT2D eigenvalue weighted by molar-refractivity contribution is 7.18. The Balaban J connectivity index is 1.69. The summed E-state index contributed by atoms with van der Waals surface area (Å²) in [6, 6.07) is 4.27. The molecule has 0 aliphatic heterocycles. The van der Waals surface area contributed by atoms with E-state index in [1.54, 1.807) is 23.9 Å². The molecule has 1 unspecified atom stereocenters. The summed E-state index contributed by atoms with van der Waals surface area (Å²) in [4.78, 5) is 8.71. The molecule has 0 spiro atoms. The summed E-state index contributed by atoms with van der Waals surface area (Å²) in [6.07, 6.45) is 5.28. The van der Waals surface area contributed by atoms with Gasteiger partial charge in [0.15, 0.2) is 0 Å². The van der Waals surface area contributed by atoms with E-state index < -0.39 is 0 Å². The van der Waals surface area contributed by atoms with Crippen LogP contribution in [0.2, 0.25) is 0 Å². The fourth-order valence-corrected chi connectivity index (χ4v) is 3.15. The van der Waals surface area contributed by atoms with E-state index in [9.17, 15) is 0 Å². The number of nitrogens with zero attached hydrogens (tertiary/aromatic N) is 2. The number of aromatic nitrogens is 2. The van der Waals surface area contributed by atoms with Gasteiger partial charge in [-0.2, -0.15) is 0 Å². The van der Waals surface area contributed by atoms with E-state index in [1.807, 2.05) is 12.1 Å². The van der Waals surface area contributed by atoms with Gasteiger partial charge in [-0.15, -0.1) is 11.3 Å². The molecule has 1 atom stereocenters. The van der Waals surface area contributed by atoms with Crippen molar-refractivity contribution in [3.05, 3.63) is 41.4 Å². The molecule has 1 N–H and O–H groups in total. The quantitative estimate of drug-likeness (QED) is 0.770.